The maximum atomic E-state index is 12.7. The Morgan fingerprint density at radius 3 is 2.68 bits per heavy atom. The van der Waals surface area contributed by atoms with Gasteiger partial charge in [-0.1, -0.05) is 35.5 Å². The average Bonchev–Trinajstić information content (AvgIpc) is 2.57. The Hall–Kier alpha value is -1.79. The number of benzene rings is 2. The number of hydrogen-bond acceptors (Lipinski definition) is 3. The van der Waals surface area contributed by atoms with Crippen molar-refractivity contribution in [2.75, 3.05) is 18.9 Å². The molecule has 0 radical (unpaired) electrons. The lowest BCUT2D eigenvalue weighted by Gasteiger charge is -2.15. The van der Waals surface area contributed by atoms with Crippen LogP contribution in [-0.2, 0) is 0 Å². The van der Waals surface area contributed by atoms with E-state index < -0.39 is 5.76 Å². The molecule has 0 saturated carbocycles. The molecule has 0 saturated heterocycles. The molecule has 0 unspecified atom stereocenters. The Morgan fingerprint density at radius 1 is 1.28 bits per heavy atom. The van der Waals surface area contributed by atoms with Crippen molar-refractivity contribution in [1.82, 2.24) is 4.90 Å². The third-order valence-corrected chi connectivity index (χ3v) is 4.65. The van der Waals surface area contributed by atoms with Crippen molar-refractivity contribution in [3.8, 4) is 0 Å². The van der Waals surface area contributed by atoms with Crippen molar-refractivity contribution in [3.05, 3.63) is 47.0 Å². The van der Waals surface area contributed by atoms with Gasteiger partial charge < -0.3 is 10.2 Å². The van der Waals surface area contributed by atoms with Crippen LogP contribution >= 0.6 is 23.4 Å². The predicted octanol–water partition coefficient (Wildman–Crippen LogP) is 6.32. The second kappa shape index (κ2) is 9.06. The fraction of sp³-hybridized carbons (Fsp3) is 0.278. The van der Waals surface area contributed by atoms with Crippen molar-refractivity contribution in [2.24, 2.45) is 4.99 Å². The lowest BCUT2D eigenvalue weighted by molar-refractivity contribution is 0.252. The van der Waals surface area contributed by atoms with E-state index >= 15 is 0 Å². The molecule has 2 aromatic carbocycles. The Bertz CT molecular complexity index is 753. The first-order chi connectivity index (χ1) is 11.9. The van der Waals surface area contributed by atoms with Crippen molar-refractivity contribution < 1.29 is 8.78 Å². The van der Waals surface area contributed by atoms with Gasteiger partial charge in [-0.25, -0.2) is 4.99 Å². The molecule has 0 aliphatic rings. The molecule has 134 valence electrons. The monoisotopic (exact) mass is 383 g/mol. The molecule has 3 nitrogen and oxygen atoms in total. The summed E-state index contributed by atoms with van der Waals surface area (Å²) in [5, 5.41) is 3.68. The number of thioether (sulfide) groups is 1. The second-order valence-corrected chi connectivity index (χ2v) is 6.88. The Balaban J connectivity index is 2.27. The number of aryl methyl sites for hydroxylation is 1. The summed E-state index contributed by atoms with van der Waals surface area (Å²) in [5.74, 6) is -2.47. The third kappa shape index (κ3) is 5.61. The van der Waals surface area contributed by atoms with Crippen LogP contribution in [-0.4, -0.2) is 30.6 Å². The van der Waals surface area contributed by atoms with Crippen LogP contribution in [0.3, 0.4) is 0 Å². The standard InChI is InChI=1S/C18H20ClF2N3S/c1-4-24(3)11-22-16-9-12(2)15(10-13(16)19)23-14-7-5-6-8-17(14)25-18(20)21/h5-11,18,23H,4H2,1-3H3. The molecule has 0 bridgehead atoms. The molecule has 2 aromatic rings. The Morgan fingerprint density at radius 2 is 2.00 bits per heavy atom. The van der Waals surface area contributed by atoms with Gasteiger partial charge in [0.15, 0.2) is 0 Å². The Labute approximate surface area is 156 Å². The summed E-state index contributed by atoms with van der Waals surface area (Å²) in [6.07, 6.45) is 1.72. The second-order valence-electron chi connectivity index (χ2n) is 5.44. The minimum atomic E-state index is -2.47. The molecule has 0 atom stereocenters. The van der Waals surface area contributed by atoms with E-state index in [1.807, 2.05) is 31.9 Å². The third-order valence-electron chi connectivity index (χ3n) is 3.56. The largest absolute Gasteiger partial charge is 0.366 e. The first-order valence-electron chi connectivity index (χ1n) is 7.76. The summed E-state index contributed by atoms with van der Waals surface area (Å²) >= 11 is 6.83. The molecule has 0 heterocycles. The lowest BCUT2D eigenvalue weighted by Crippen LogP contribution is -2.14. The fourth-order valence-corrected chi connectivity index (χ4v) is 2.86. The van der Waals surface area contributed by atoms with E-state index in [4.69, 9.17) is 11.6 Å². The molecule has 0 amide bonds. The number of anilines is 2. The van der Waals surface area contributed by atoms with Crippen LogP contribution in [0.4, 0.5) is 25.8 Å². The molecular weight excluding hydrogens is 364 g/mol. The van der Waals surface area contributed by atoms with Gasteiger partial charge in [0, 0.05) is 24.2 Å². The minimum absolute atomic E-state index is 0.486. The van der Waals surface area contributed by atoms with Crippen LogP contribution in [0.25, 0.3) is 0 Å². The number of hydrogen-bond donors (Lipinski definition) is 1. The molecule has 0 aromatic heterocycles. The molecule has 25 heavy (non-hydrogen) atoms. The average molecular weight is 384 g/mol. The minimum Gasteiger partial charge on any atom is -0.366 e. The van der Waals surface area contributed by atoms with Gasteiger partial charge in [0.05, 0.1) is 22.7 Å². The number of alkyl halides is 2. The summed E-state index contributed by atoms with van der Waals surface area (Å²) in [5.41, 5.74) is 2.97. The summed E-state index contributed by atoms with van der Waals surface area (Å²) in [7, 11) is 1.93. The van der Waals surface area contributed by atoms with Crippen molar-refractivity contribution in [2.45, 2.75) is 24.5 Å². The van der Waals surface area contributed by atoms with Gasteiger partial charge in [-0.05, 0) is 43.7 Å². The molecule has 1 N–H and O–H groups in total. The lowest BCUT2D eigenvalue weighted by atomic mass is 10.1. The van der Waals surface area contributed by atoms with Gasteiger partial charge in [0.1, 0.15) is 0 Å². The van der Waals surface area contributed by atoms with Crippen molar-refractivity contribution in [1.29, 1.82) is 0 Å². The molecule has 2 rings (SSSR count). The van der Waals surface area contributed by atoms with E-state index in [1.165, 1.54) is 0 Å². The summed E-state index contributed by atoms with van der Waals surface area (Å²) in [6, 6.07) is 10.6. The van der Waals surface area contributed by atoms with E-state index in [0.717, 1.165) is 17.8 Å². The van der Waals surface area contributed by atoms with E-state index in [9.17, 15) is 8.78 Å². The van der Waals surface area contributed by atoms with Crippen LogP contribution in [0.5, 0.6) is 0 Å². The van der Waals surface area contributed by atoms with Crippen molar-refractivity contribution >= 4 is 46.8 Å². The highest BCUT2D eigenvalue weighted by Gasteiger charge is 2.11. The molecular formula is C18H20ClF2N3S. The van der Waals surface area contributed by atoms with Gasteiger partial charge >= 0.3 is 0 Å². The zero-order chi connectivity index (χ0) is 18.4. The molecule has 0 aliphatic heterocycles. The van der Waals surface area contributed by atoms with Crippen molar-refractivity contribution in [3.63, 3.8) is 0 Å². The molecule has 0 fully saturated rings. The van der Waals surface area contributed by atoms with Gasteiger partial charge in [0.25, 0.3) is 5.76 Å². The SMILES string of the molecule is CCN(C)C=Nc1cc(C)c(Nc2ccccc2SC(F)F)cc1Cl. The fourth-order valence-electron chi connectivity index (χ4n) is 2.06. The molecule has 0 aliphatic carbocycles. The highest BCUT2D eigenvalue weighted by atomic mass is 35.5. The van der Waals surface area contributed by atoms with Crippen LogP contribution in [0.1, 0.15) is 12.5 Å². The number of halogens is 3. The molecule has 0 spiro atoms. The zero-order valence-corrected chi connectivity index (χ0v) is 15.8. The van der Waals surface area contributed by atoms with E-state index in [0.29, 0.717) is 33.1 Å². The smallest absolute Gasteiger partial charge is 0.288 e. The maximum Gasteiger partial charge on any atom is 0.288 e. The van der Waals surface area contributed by atoms with E-state index in [1.54, 1.807) is 36.7 Å². The molecule has 7 heteroatoms. The highest BCUT2D eigenvalue weighted by Crippen LogP contribution is 2.36. The number of nitrogens with one attached hydrogen (secondary N) is 1. The van der Waals surface area contributed by atoms with Gasteiger partial charge in [-0.15, -0.1) is 0 Å². The summed E-state index contributed by atoms with van der Waals surface area (Å²) in [6.45, 7) is 4.79. The quantitative estimate of drug-likeness (QED) is 0.344. The highest BCUT2D eigenvalue weighted by molar-refractivity contribution is 7.99. The number of nitrogens with zero attached hydrogens (tertiary/aromatic N) is 2. The van der Waals surface area contributed by atoms with E-state index in [-0.39, 0.29) is 0 Å². The summed E-state index contributed by atoms with van der Waals surface area (Å²) in [4.78, 5) is 6.81. The Kier molecular flexibility index (Phi) is 7.08. The van der Waals surface area contributed by atoms with Gasteiger partial charge in [-0.3, -0.25) is 0 Å². The van der Waals surface area contributed by atoms with E-state index in [2.05, 4.69) is 10.3 Å². The summed E-state index contributed by atoms with van der Waals surface area (Å²) < 4.78 is 25.4. The topological polar surface area (TPSA) is 27.6 Å². The van der Waals surface area contributed by atoms with Crippen LogP contribution in [0.2, 0.25) is 5.02 Å². The first kappa shape index (κ1) is 19.5. The number of para-hydroxylation sites is 1. The number of rotatable bonds is 7. The normalized spacial score (nSPS) is 11.3. The van der Waals surface area contributed by atoms with Crippen LogP contribution in [0, 0.1) is 6.92 Å². The zero-order valence-electron chi connectivity index (χ0n) is 14.3. The number of aliphatic imine (C=N–C) groups is 1. The predicted molar refractivity (Wildman–Crippen MR) is 104 cm³/mol. The van der Waals surface area contributed by atoms with Gasteiger partial charge in [-0.2, -0.15) is 8.78 Å². The first-order valence-corrected chi connectivity index (χ1v) is 9.02. The maximum absolute atomic E-state index is 12.7. The van der Waals surface area contributed by atoms with Gasteiger partial charge in [0.2, 0.25) is 0 Å². The van der Waals surface area contributed by atoms with Crippen LogP contribution in [0.15, 0.2) is 46.3 Å². The van der Waals surface area contributed by atoms with Crippen LogP contribution < -0.4 is 5.32 Å².